The van der Waals surface area contributed by atoms with Gasteiger partial charge in [0.15, 0.2) is 0 Å². The van der Waals surface area contributed by atoms with Crippen LogP contribution in [0.5, 0.6) is 0 Å². The first-order chi connectivity index (χ1) is 21.5. The molecule has 2 heterocycles. The van der Waals surface area contributed by atoms with Crippen molar-refractivity contribution < 1.29 is 39.3 Å². The van der Waals surface area contributed by atoms with E-state index in [2.05, 4.69) is 24.3 Å². The summed E-state index contributed by atoms with van der Waals surface area (Å²) in [4.78, 5) is 0. The second kappa shape index (κ2) is 16.4. The Labute approximate surface area is 274 Å². The second-order valence-electron chi connectivity index (χ2n) is 9.61. The molecule has 0 saturated carbocycles. The van der Waals surface area contributed by atoms with Crippen LogP contribution in [0.4, 0.5) is 17.6 Å². The number of aromatic nitrogens is 2. The molecule has 0 spiro atoms. The molecule has 6 aromatic rings. The minimum atomic E-state index is -0.692. The molecule has 0 fully saturated rings. The van der Waals surface area contributed by atoms with E-state index in [0.717, 1.165) is 34.4 Å². The van der Waals surface area contributed by atoms with Crippen molar-refractivity contribution in [1.82, 2.24) is 9.13 Å². The molecule has 0 amide bonds. The molecule has 220 valence electrons. The fraction of sp³-hybridized carbons (Fsp3) is 0.0526. The number of fused-ring (bicyclic) bond motifs is 2. The van der Waals surface area contributed by atoms with Gasteiger partial charge in [0.25, 0.3) is 0 Å². The summed E-state index contributed by atoms with van der Waals surface area (Å²) in [6.07, 6.45) is 27.2. The number of allylic oxidation sites excluding steroid dienone is 8. The number of benzene rings is 4. The number of nitrogens with zero attached hydrogens (tertiary/aromatic N) is 2. The Balaban J connectivity index is 0.000000154. The van der Waals surface area contributed by atoms with E-state index >= 15 is 0 Å². The Hall–Kier alpha value is -4.65. The molecule has 2 nitrogen and oxygen atoms in total. The summed E-state index contributed by atoms with van der Waals surface area (Å²) in [5.41, 5.74) is 0.588. The number of halogens is 4. The van der Waals surface area contributed by atoms with E-state index in [1.165, 1.54) is 24.3 Å². The fourth-order valence-electron chi connectivity index (χ4n) is 4.39. The van der Waals surface area contributed by atoms with Gasteiger partial charge in [0.05, 0.1) is 0 Å². The van der Waals surface area contributed by atoms with Crippen LogP contribution in [0.1, 0.15) is 12.8 Å². The zero-order valence-corrected chi connectivity index (χ0v) is 25.6. The molecule has 0 unspecified atom stereocenters. The maximum Gasteiger partial charge on any atom is 4.00 e. The van der Waals surface area contributed by atoms with Gasteiger partial charge in [0, 0.05) is 48.1 Å². The van der Waals surface area contributed by atoms with Gasteiger partial charge in [-0.05, 0) is 32.9 Å². The van der Waals surface area contributed by atoms with Crippen LogP contribution in [0.15, 0.2) is 134 Å². The third kappa shape index (κ3) is 9.18. The molecule has 8 rings (SSSR count). The monoisotopic (exact) mass is 634 g/mol. The average molecular weight is 634 g/mol. The van der Waals surface area contributed by atoms with Crippen LogP contribution in [-0.2, 0) is 21.7 Å². The zero-order valence-electron chi connectivity index (χ0n) is 24.0. The van der Waals surface area contributed by atoms with E-state index < -0.39 is 23.3 Å². The molecule has 0 radical (unpaired) electrons. The Morgan fingerprint density at radius 2 is 0.844 bits per heavy atom. The standard InChI is InChI=1S/2C14H8F2N.2C5H5.Ti/c2*15-12-5-6-14(13(16)7-12)17-8-10-3-1-2-4-11(10)9-17;2*1-2-4-5-3-1;/h2*1-6,8-9H;2*1-3H,4H2;/q4*-1;+4. The molecule has 0 atom stereocenters. The van der Waals surface area contributed by atoms with Crippen molar-refractivity contribution in [2.45, 2.75) is 12.8 Å². The molecule has 0 aliphatic heterocycles. The molecular formula is C38H26F4N2Ti. The van der Waals surface area contributed by atoms with Gasteiger partial charge in [-0.3, -0.25) is 12.2 Å². The average Bonchev–Trinajstić information content (AvgIpc) is 3.86. The molecule has 7 heteroatoms. The topological polar surface area (TPSA) is 9.86 Å². The van der Waals surface area contributed by atoms with E-state index in [1.807, 2.05) is 85.0 Å². The first kappa shape index (κ1) is 33.3. The van der Waals surface area contributed by atoms with E-state index in [0.29, 0.717) is 11.4 Å². The Bertz CT molecular complexity index is 1750. The van der Waals surface area contributed by atoms with Crippen LogP contribution in [0.2, 0.25) is 0 Å². The Kier molecular flexibility index (Phi) is 12.1. The van der Waals surface area contributed by atoms with Gasteiger partial charge in [0.1, 0.15) is 0 Å². The van der Waals surface area contributed by atoms with Gasteiger partial charge in [-0.1, -0.05) is 48.5 Å². The van der Waals surface area contributed by atoms with Crippen LogP contribution in [0.3, 0.4) is 0 Å². The summed E-state index contributed by atoms with van der Waals surface area (Å²) >= 11 is 0. The van der Waals surface area contributed by atoms with Crippen molar-refractivity contribution in [3.63, 3.8) is 0 Å². The largest absolute Gasteiger partial charge is 4.00 e. The predicted octanol–water partition coefficient (Wildman–Crippen LogP) is 10.0. The van der Waals surface area contributed by atoms with Crippen molar-refractivity contribution in [1.29, 1.82) is 0 Å². The van der Waals surface area contributed by atoms with Crippen LogP contribution in [0, 0.1) is 47.6 Å². The summed E-state index contributed by atoms with van der Waals surface area (Å²) in [7, 11) is 0. The first-order valence-electron chi connectivity index (χ1n) is 13.8. The summed E-state index contributed by atoms with van der Waals surface area (Å²) < 4.78 is 55.9. The minimum Gasteiger partial charge on any atom is -0.374 e. The third-order valence-corrected chi connectivity index (χ3v) is 6.52. The van der Waals surface area contributed by atoms with Gasteiger partial charge < -0.3 is 9.13 Å². The normalized spacial score (nSPS) is 12.2. The molecule has 2 aromatic heterocycles. The van der Waals surface area contributed by atoms with Crippen LogP contribution >= 0.6 is 0 Å². The molecule has 0 saturated heterocycles. The zero-order chi connectivity index (χ0) is 30.7. The van der Waals surface area contributed by atoms with Gasteiger partial charge in [-0.2, -0.15) is 12.2 Å². The maximum atomic E-state index is 13.5. The van der Waals surface area contributed by atoms with E-state index in [9.17, 15) is 17.6 Å². The summed E-state index contributed by atoms with van der Waals surface area (Å²) in [5, 5.41) is 4.04. The fourth-order valence-corrected chi connectivity index (χ4v) is 4.39. The maximum absolute atomic E-state index is 13.5. The molecular weight excluding hydrogens is 608 g/mol. The molecule has 2 aliphatic carbocycles. The van der Waals surface area contributed by atoms with Crippen LogP contribution < -0.4 is 0 Å². The Morgan fingerprint density at radius 3 is 1.09 bits per heavy atom. The van der Waals surface area contributed by atoms with Crippen LogP contribution in [-0.4, -0.2) is 9.13 Å². The molecule has 0 bridgehead atoms. The van der Waals surface area contributed by atoms with E-state index in [1.54, 1.807) is 33.9 Å². The third-order valence-electron chi connectivity index (χ3n) is 6.52. The van der Waals surface area contributed by atoms with Crippen molar-refractivity contribution >= 4 is 21.5 Å². The van der Waals surface area contributed by atoms with Crippen LogP contribution in [0.25, 0.3) is 32.9 Å². The molecule has 45 heavy (non-hydrogen) atoms. The molecule has 4 aromatic carbocycles. The predicted molar refractivity (Wildman–Crippen MR) is 167 cm³/mol. The smallest absolute Gasteiger partial charge is 0.374 e. The van der Waals surface area contributed by atoms with Gasteiger partial charge in [0.2, 0.25) is 0 Å². The van der Waals surface area contributed by atoms with Crippen molar-refractivity contribution in [3.8, 4) is 11.4 Å². The molecule has 2 aliphatic rings. The minimum absolute atomic E-state index is 0. The quantitative estimate of drug-likeness (QED) is 0.102. The van der Waals surface area contributed by atoms with E-state index in [4.69, 9.17) is 0 Å². The van der Waals surface area contributed by atoms with Gasteiger partial charge >= 0.3 is 21.7 Å². The second-order valence-corrected chi connectivity index (χ2v) is 9.61. The number of rotatable bonds is 2. The summed E-state index contributed by atoms with van der Waals surface area (Å²) in [6.45, 7) is 0. The van der Waals surface area contributed by atoms with Gasteiger partial charge in [-0.25, -0.2) is 41.9 Å². The first-order valence-corrected chi connectivity index (χ1v) is 13.8. The van der Waals surface area contributed by atoms with Crippen molar-refractivity contribution in [2.75, 3.05) is 0 Å². The van der Waals surface area contributed by atoms with Crippen molar-refractivity contribution in [2.24, 2.45) is 0 Å². The SMILES string of the molecule is Fc1[c-]c(F)c(-n2cc3ccccc3c2)cc1.Fc1[c-]c(F)c(-n2cc3ccccc3c2)cc1.[C-]1=CC=CC1.[C-]1=CC=CC1.[Ti+4]. The Morgan fingerprint density at radius 1 is 0.489 bits per heavy atom. The van der Waals surface area contributed by atoms with Gasteiger partial charge in [-0.15, -0.1) is 49.2 Å². The summed E-state index contributed by atoms with van der Waals surface area (Å²) in [6, 6.07) is 24.7. The molecule has 0 N–H and O–H groups in total. The summed E-state index contributed by atoms with van der Waals surface area (Å²) in [5.74, 6) is -2.76. The van der Waals surface area contributed by atoms with E-state index in [-0.39, 0.29) is 21.7 Å². The number of hydrogen-bond donors (Lipinski definition) is 0. The van der Waals surface area contributed by atoms with Crippen molar-refractivity contribution in [3.05, 3.63) is 182 Å². The number of hydrogen-bond acceptors (Lipinski definition) is 0.